The summed E-state index contributed by atoms with van der Waals surface area (Å²) in [5.74, 6) is 0.339. The molecule has 0 spiro atoms. The predicted molar refractivity (Wildman–Crippen MR) is 86.2 cm³/mol. The van der Waals surface area contributed by atoms with Crippen LogP contribution in [0, 0.1) is 11.8 Å². The minimum Gasteiger partial charge on any atom is -0.465 e. The number of rotatable bonds is 10. The largest absolute Gasteiger partial charge is 0.465 e. The molecule has 0 bridgehead atoms. The van der Waals surface area contributed by atoms with Crippen LogP contribution in [0.2, 0.25) is 6.04 Å². The van der Waals surface area contributed by atoms with E-state index in [4.69, 9.17) is 38.0 Å². The summed E-state index contributed by atoms with van der Waals surface area (Å²) in [6.45, 7) is 6.36. The van der Waals surface area contributed by atoms with Crippen molar-refractivity contribution >= 4 is 45.2 Å². The molecule has 1 atom stereocenters. The Morgan fingerprint density at radius 2 is 1.63 bits per heavy atom. The van der Waals surface area contributed by atoms with Gasteiger partial charge < -0.3 is 4.74 Å². The molecule has 0 amide bonds. The zero-order valence-corrected chi connectivity index (χ0v) is 15.3. The van der Waals surface area contributed by atoms with E-state index in [0.29, 0.717) is 12.5 Å². The lowest BCUT2D eigenvalue weighted by molar-refractivity contribution is -0.147. The van der Waals surface area contributed by atoms with Crippen LogP contribution in [0.25, 0.3) is 0 Å². The van der Waals surface area contributed by atoms with Crippen molar-refractivity contribution < 1.29 is 9.53 Å². The van der Waals surface area contributed by atoms with Crippen molar-refractivity contribution in [2.45, 2.75) is 58.9 Å². The zero-order valence-electron chi connectivity index (χ0n) is 12.1. The number of ether oxygens (including phenoxy) is 1. The topological polar surface area (TPSA) is 26.3 Å². The minimum atomic E-state index is -2.47. The third-order valence-corrected chi connectivity index (χ3v) is 5.44. The molecule has 6 heteroatoms. The maximum Gasteiger partial charge on any atom is 0.341 e. The van der Waals surface area contributed by atoms with E-state index in [1.807, 2.05) is 13.8 Å². The van der Waals surface area contributed by atoms with Crippen LogP contribution in [-0.4, -0.2) is 18.6 Å². The van der Waals surface area contributed by atoms with Gasteiger partial charge >= 0.3 is 12.0 Å². The van der Waals surface area contributed by atoms with E-state index in [0.717, 1.165) is 38.1 Å². The van der Waals surface area contributed by atoms with E-state index in [-0.39, 0.29) is 11.9 Å². The Balaban J connectivity index is 3.39. The van der Waals surface area contributed by atoms with Crippen molar-refractivity contribution in [3.8, 4) is 0 Å². The summed E-state index contributed by atoms with van der Waals surface area (Å²) in [7, 11) is 0. The number of unbranched alkanes of at least 4 members (excludes halogenated alkanes) is 3. The molecule has 2 nitrogen and oxygen atoms in total. The molecule has 1 unspecified atom stereocenters. The summed E-state index contributed by atoms with van der Waals surface area (Å²) in [4.78, 5) is 11.2. The van der Waals surface area contributed by atoms with Crippen molar-refractivity contribution in [1.82, 2.24) is 0 Å². The number of halogens is 3. The second-order valence-electron chi connectivity index (χ2n) is 5.45. The van der Waals surface area contributed by atoms with E-state index in [9.17, 15) is 4.79 Å². The molecule has 0 aromatic heterocycles. The summed E-state index contributed by atoms with van der Waals surface area (Å²) in [5, 5.41) is 0. The highest BCUT2D eigenvalue weighted by Gasteiger charge is 2.27. The van der Waals surface area contributed by atoms with Gasteiger partial charge in [-0.3, -0.25) is 4.79 Å². The molecular weight excluding hydrogens is 323 g/mol. The monoisotopic (exact) mass is 346 g/mol. The van der Waals surface area contributed by atoms with Crippen LogP contribution in [0.15, 0.2) is 0 Å². The molecule has 19 heavy (non-hydrogen) atoms. The Labute approximate surface area is 132 Å². The second kappa shape index (κ2) is 10.3. The van der Waals surface area contributed by atoms with Crippen LogP contribution in [0.1, 0.15) is 52.9 Å². The Kier molecular flexibility index (Phi) is 10.6. The summed E-state index contributed by atoms with van der Waals surface area (Å²) >= 11 is 17.7. The smallest absolute Gasteiger partial charge is 0.341 e. The number of carbonyl (C=O) groups is 1. The van der Waals surface area contributed by atoms with Crippen LogP contribution >= 0.6 is 33.2 Å². The van der Waals surface area contributed by atoms with E-state index >= 15 is 0 Å². The molecule has 0 rings (SSSR count). The van der Waals surface area contributed by atoms with Gasteiger partial charge in [-0.25, -0.2) is 0 Å². The fourth-order valence-corrected chi connectivity index (χ4v) is 5.15. The van der Waals surface area contributed by atoms with Gasteiger partial charge in [0.05, 0.1) is 12.5 Å². The Morgan fingerprint density at radius 3 is 2.16 bits per heavy atom. The number of hydrogen-bond donors (Lipinski definition) is 0. The van der Waals surface area contributed by atoms with E-state index in [1.165, 1.54) is 0 Å². The molecule has 0 aliphatic heterocycles. The molecule has 0 N–H and O–H groups in total. The van der Waals surface area contributed by atoms with Crippen LogP contribution in [0.4, 0.5) is 0 Å². The first-order valence-corrected chi connectivity index (χ1v) is 12.2. The third kappa shape index (κ3) is 13.3. The van der Waals surface area contributed by atoms with Gasteiger partial charge in [0.2, 0.25) is 0 Å². The molecule has 0 aromatic carbocycles. The maximum atomic E-state index is 11.2. The van der Waals surface area contributed by atoms with Gasteiger partial charge in [-0.2, -0.15) is 0 Å². The predicted octanol–water partition coefficient (Wildman–Crippen LogP) is 5.43. The lowest BCUT2D eigenvalue weighted by Gasteiger charge is -2.14. The van der Waals surface area contributed by atoms with Gasteiger partial charge in [-0.15, -0.1) is 33.2 Å². The standard InChI is InChI=1S/C13H25Cl3O2Si/c1-11(2)13(17)18-9-7-5-4-6-8-12(3)10-19(14,15)16/h11-12H,4-10H2,1-3H3. The fraction of sp³-hybridized carbons (Fsp3) is 0.923. The van der Waals surface area contributed by atoms with Gasteiger partial charge in [0, 0.05) is 0 Å². The first kappa shape index (κ1) is 19.6. The molecule has 0 saturated carbocycles. The Bertz CT molecular complexity index is 255. The van der Waals surface area contributed by atoms with Crippen LogP contribution < -0.4 is 0 Å². The van der Waals surface area contributed by atoms with E-state index < -0.39 is 6.00 Å². The average Bonchev–Trinajstić information content (AvgIpc) is 2.24. The summed E-state index contributed by atoms with van der Waals surface area (Å²) in [6, 6.07) is -1.73. The van der Waals surface area contributed by atoms with Crippen molar-refractivity contribution in [3.63, 3.8) is 0 Å². The lowest BCUT2D eigenvalue weighted by Crippen LogP contribution is -2.14. The van der Waals surface area contributed by atoms with Crippen molar-refractivity contribution in [3.05, 3.63) is 0 Å². The van der Waals surface area contributed by atoms with Gasteiger partial charge in [-0.1, -0.05) is 46.5 Å². The maximum absolute atomic E-state index is 11.2. The quantitative estimate of drug-likeness (QED) is 0.228. The number of hydrogen-bond acceptors (Lipinski definition) is 2. The van der Waals surface area contributed by atoms with Gasteiger partial charge in [0.15, 0.2) is 0 Å². The highest BCUT2D eigenvalue weighted by Crippen LogP contribution is 2.31. The normalized spacial score (nSPS) is 13.6. The first-order valence-electron chi connectivity index (χ1n) is 6.95. The van der Waals surface area contributed by atoms with Crippen LogP contribution in [0.3, 0.4) is 0 Å². The number of carbonyl (C=O) groups excluding carboxylic acids is 1. The highest BCUT2D eigenvalue weighted by atomic mass is 35.8. The zero-order chi connectivity index (χ0) is 14.9. The molecule has 0 aliphatic rings. The van der Waals surface area contributed by atoms with Crippen molar-refractivity contribution in [1.29, 1.82) is 0 Å². The van der Waals surface area contributed by atoms with Gasteiger partial charge in [0.25, 0.3) is 0 Å². The molecule has 0 fully saturated rings. The van der Waals surface area contributed by atoms with Crippen molar-refractivity contribution in [2.75, 3.05) is 6.61 Å². The fourth-order valence-electron chi connectivity index (χ4n) is 1.79. The molecule has 0 heterocycles. The minimum absolute atomic E-state index is 0.0352. The van der Waals surface area contributed by atoms with Crippen LogP contribution in [-0.2, 0) is 9.53 Å². The summed E-state index contributed by atoms with van der Waals surface area (Å²) in [5.41, 5.74) is 0. The molecule has 0 saturated heterocycles. The third-order valence-electron chi connectivity index (χ3n) is 2.89. The van der Waals surface area contributed by atoms with E-state index in [1.54, 1.807) is 0 Å². The summed E-state index contributed by atoms with van der Waals surface area (Å²) in [6.07, 6.45) is 5.42. The average molecular weight is 348 g/mol. The highest BCUT2D eigenvalue weighted by molar-refractivity contribution is 7.64. The SMILES string of the molecule is CC(CCCCCCOC(=O)C(C)C)C[Si](Cl)(Cl)Cl. The van der Waals surface area contributed by atoms with Crippen LogP contribution in [0.5, 0.6) is 0 Å². The Morgan fingerprint density at radius 1 is 1.05 bits per heavy atom. The van der Waals surface area contributed by atoms with E-state index in [2.05, 4.69) is 6.92 Å². The molecule has 0 radical (unpaired) electrons. The molecule has 0 aliphatic carbocycles. The van der Waals surface area contributed by atoms with Gasteiger partial charge in [0.1, 0.15) is 0 Å². The number of esters is 1. The molecule has 0 aromatic rings. The molecule has 114 valence electrons. The first-order chi connectivity index (χ1) is 8.72. The molecular formula is C13H25Cl3O2Si. The Hall–Kier alpha value is 0.557. The lowest BCUT2D eigenvalue weighted by atomic mass is 10.0. The van der Waals surface area contributed by atoms with Gasteiger partial charge in [-0.05, 0) is 18.4 Å². The summed E-state index contributed by atoms with van der Waals surface area (Å²) < 4.78 is 5.11. The van der Waals surface area contributed by atoms with Crippen molar-refractivity contribution in [2.24, 2.45) is 11.8 Å². The second-order valence-corrected chi connectivity index (χ2v) is 14.6.